The Bertz CT molecular complexity index is 1110. The first-order chi connectivity index (χ1) is 15.1. The molecule has 32 heavy (non-hydrogen) atoms. The smallest absolute Gasteiger partial charge is 0.274 e. The molecule has 2 aliphatic rings. The van der Waals surface area contributed by atoms with Gasteiger partial charge in [-0.3, -0.25) is 9.48 Å². The molecule has 1 atom stereocenters. The summed E-state index contributed by atoms with van der Waals surface area (Å²) < 4.78 is 1.73. The molecule has 0 radical (unpaired) electrons. The van der Waals surface area contributed by atoms with Crippen LogP contribution >= 0.6 is 13.5 Å². The van der Waals surface area contributed by atoms with Crippen molar-refractivity contribution in [2.75, 3.05) is 41.3 Å². The minimum absolute atomic E-state index is 0. The Morgan fingerprint density at radius 2 is 1.94 bits per heavy atom. The number of carbonyl (C=O) groups is 1. The Morgan fingerprint density at radius 1 is 1.12 bits per heavy atom. The van der Waals surface area contributed by atoms with Gasteiger partial charge in [0.2, 0.25) is 0 Å². The van der Waals surface area contributed by atoms with Crippen molar-refractivity contribution >= 4 is 47.8 Å². The number of amides is 1. The number of aliphatic hydroxyl groups excluding tert-OH is 1. The Balaban J connectivity index is 0.00000245. The first kappa shape index (κ1) is 22.3. The van der Waals surface area contributed by atoms with Crippen LogP contribution in [0.25, 0.3) is 11.0 Å². The van der Waals surface area contributed by atoms with Crippen LogP contribution in [0.2, 0.25) is 0 Å². The van der Waals surface area contributed by atoms with Gasteiger partial charge in [0.05, 0.1) is 11.8 Å². The van der Waals surface area contributed by atoms with E-state index in [1.807, 2.05) is 36.3 Å². The topological polar surface area (TPSA) is 99.4 Å². The van der Waals surface area contributed by atoms with E-state index in [-0.39, 0.29) is 25.5 Å². The zero-order valence-electron chi connectivity index (χ0n) is 18.2. The maximum atomic E-state index is 13.1. The van der Waals surface area contributed by atoms with E-state index in [2.05, 4.69) is 20.3 Å². The molecule has 170 valence electrons. The second kappa shape index (κ2) is 9.33. The summed E-state index contributed by atoms with van der Waals surface area (Å²) in [7, 11) is 1.87. The van der Waals surface area contributed by atoms with Crippen LogP contribution in [0.4, 0.5) is 17.3 Å². The van der Waals surface area contributed by atoms with Gasteiger partial charge in [-0.1, -0.05) is 6.07 Å². The molecule has 5 heterocycles. The lowest BCUT2D eigenvalue weighted by atomic mass is 10.1. The molecule has 9 nitrogen and oxygen atoms in total. The molecule has 0 aliphatic carbocycles. The van der Waals surface area contributed by atoms with Crippen LogP contribution < -0.4 is 15.1 Å². The van der Waals surface area contributed by atoms with Gasteiger partial charge in [0, 0.05) is 44.8 Å². The molecule has 5 rings (SSSR count). The predicted octanol–water partition coefficient (Wildman–Crippen LogP) is 2.29. The third-order valence-corrected chi connectivity index (χ3v) is 5.95. The van der Waals surface area contributed by atoms with Crippen LogP contribution in [0.5, 0.6) is 0 Å². The van der Waals surface area contributed by atoms with Crippen molar-refractivity contribution in [2.45, 2.75) is 31.8 Å². The van der Waals surface area contributed by atoms with Crippen LogP contribution in [-0.4, -0.2) is 63.0 Å². The lowest BCUT2D eigenvalue weighted by Gasteiger charge is -2.29. The van der Waals surface area contributed by atoms with Crippen LogP contribution in [0, 0.1) is 0 Å². The van der Waals surface area contributed by atoms with Crippen molar-refractivity contribution in [1.82, 2.24) is 19.7 Å². The number of aromatic nitrogens is 4. The standard InChI is InChI=1S/C22H27N7O2.H2S/c1-27-13-15-12-18(21(25-20(15)26-27)28-9-3-2-4-10-28)24-22(31)17-6-5-7-19(23-17)29-11-8-16(30)14-29;/h5-7,12-13,16,30H,2-4,8-11,14H2,1H3,(H,24,31);1H2/t16-;/m0./s1. The van der Waals surface area contributed by atoms with Crippen LogP contribution in [0.3, 0.4) is 0 Å². The van der Waals surface area contributed by atoms with Gasteiger partial charge in [0.25, 0.3) is 5.91 Å². The second-order valence-corrected chi connectivity index (χ2v) is 8.35. The average Bonchev–Trinajstić information content (AvgIpc) is 3.38. The fourth-order valence-corrected chi connectivity index (χ4v) is 4.37. The fourth-order valence-electron chi connectivity index (χ4n) is 4.37. The van der Waals surface area contributed by atoms with E-state index >= 15 is 0 Å². The summed E-state index contributed by atoms with van der Waals surface area (Å²) in [4.78, 5) is 26.7. The molecular formula is C22H29N7O2S. The Labute approximate surface area is 193 Å². The normalized spacial score (nSPS) is 18.6. The molecule has 0 saturated carbocycles. The highest BCUT2D eigenvalue weighted by Gasteiger charge is 2.23. The first-order valence-electron chi connectivity index (χ1n) is 10.9. The third-order valence-electron chi connectivity index (χ3n) is 5.95. The van der Waals surface area contributed by atoms with Gasteiger partial charge in [-0.15, -0.1) is 0 Å². The largest absolute Gasteiger partial charge is 0.391 e. The van der Waals surface area contributed by atoms with Crippen molar-refractivity contribution < 1.29 is 9.90 Å². The number of aryl methyl sites for hydroxylation is 1. The maximum absolute atomic E-state index is 13.1. The van der Waals surface area contributed by atoms with E-state index in [1.165, 1.54) is 6.42 Å². The van der Waals surface area contributed by atoms with Crippen LogP contribution in [-0.2, 0) is 7.05 Å². The monoisotopic (exact) mass is 455 g/mol. The van der Waals surface area contributed by atoms with Gasteiger partial charge < -0.3 is 20.2 Å². The maximum Gasteiger partial charge on any atom is 0.274 e. The Kier molecular flexibility index (Phi) is 6.52. The Morgan fingerprint density at radius 3 is 2.69 bits per heavy atom. The molecule has 0 bridgehead atoms. The molecule has 2 aliphatic heterocycles. The predicted molar refractivity (Wildman–Crippen MR) is 130 cm³/mol. The number of nitrogens with one attached hydrogen (secondary N) is 1. The van der Waals surface area contributed by atoms with E-state index in [9.17, 15) is 9.90 Å². The lowest BCUT2D eigenvalue weighted by molar-refractivity contribution is 0.102. The molecule has 2 saturated heterocycles. The number of fused-ring (bicyclic) bond motifs is 1. The summed E-state index contributed by atoms with van der Waals surface area (Å²) in [6.07, 6.45) is 5.71. The molecule has 3 aromatic rings. The number of pyridine rings is 2. The number of hydrogen-bond donors (Lipinski definition) is 2. The van der Waals surface area contributed by atoms with Crippen molar-refractivity contribution in [3.05, 3.63) is 36.2 Å². The summed E-state index contributed by atoms with van der Waals surface area (Å²) in [5, 5.41) is 18.2. The minimum atomic E-state index is -0.344. The van der Waals surface area contributed by atoms with Gasteiger partial charge >= 0.3 is 0 Å². The highest BCUT2D eigenvalue weighted by Crippen LogP contribution is 2.30. The third kappa shape index (κ3) is 4.51. The summed E-state index contributed by atoms with van der Waals surface area (Å²) in [5.74, 6) is 1.20. The number of anilines is 3. The number of rotatable bonds is 4. The highest BCUT2D eigenvalue weighted by molar-refractivity contribution is 7.59. The molecule has 2 fully saturated rings. The summed E-state index contributed by atoms with van der Waals surface area (Å²) in [6.45, 7) is 3.11. The van der Waals surface area contributed by atoms with Gasteiger partial charge in [-0.05, 0) is 43.9 Å². The summed E-state index contributed by atoms with van der Waals surface area (Å²) >= 11 is 0. The molecule has 0 spiro atoms. The van der Waals surface area contributed by atoms with Gasteiger partial charge in [0.15, 0.2) is 11.5 Å². The fraction of sp³-hybridized carbons (Fsp3) is 0.455. The molecule has 2 N–H and O–H groups in total. The minimum Gasteiger partial charge on any atom is -0.391 e. The van der Waals surface area contributed by atoms with E-state index in [4.69, 9.17) is 4.98 Å². The van der Waals surface area contributed by atoms with E-state index < -0.39 is 0 Å². The van der Waals surface area contributed by atoms with Crippen LogP contribution in [0.15, 0.2) is 30.5 Å². The van der Waals surface area contributed by atoms with Gasteiger partial charge in [0.1, 0.15) is 11.5 Å². The van der Waals surface area contributed by atoms with E-state index in [0.29, 0.717) is 35.8 Å². The zero-order chi connectivity index (χ0) is 21.4. The number of β-amino-alcohol motifs (C(OH)–C–C–N with tert-alkyl or cyclic N) is 1. The molecule has 3 aromatic heterocycles. The van der Waals surface area contributed by atoms with Crippen molar-refractivity contribution in [1.29, 1.82) is 0 Å². The van der Waals surface area contributed by atoms with Crippen molar-refractivity contribution in [3.8, 4) is 0 Å². The van der Waals surface area contributed by atoms with Gasteiger partial charge in [-0.2, -0.15) is 18.6 Å². The zero-order valence-corrected chi connectivity index (χ0v) is 19.2. The van der Waals surface area contributed by atoms with E-state index in [1.54, 1.807) is 10.7 Å². The average molecular weight is 456 g/mol. The number of nitrogens with zero attached hydrogens (tertiary/aromatic N) is 6. The number of aliphatic hydroxyl groups is 1. The molecule has 10 heteroatoms. The number of carbonyl (C=O) groups excluding carboxylic acids is 1. The second-order valence-electron chi connectivity index (χ2n) is 8.35. The SMILES string of the molecule is Cn1cc2cc(NC(=O)c3cccc(N4CC[C@H](O)C4)n3)c(N3CCCCC3)nc2n1.S. The summed E-state index contributed by atoms with van der Waals surface area (Å²) in [6, 6.07) is 7.35. The molecular weight excluding hydrogens is 426 g/mol. The lowest BCUT2D eigenvalue weighted by Crippen LogP contribution is -2.31. The Hall–Kier alpha value is -2.85. The number of piperidine rings is 1. The van der Waals surface area contributed by atoms with Gasteiger partial charge in [-0.25, -0.2) is 9.97 Å². The van der Waals surface area contributed by atoms with Crippen molar-refractivity contribution in [3.63, 3.8) is 0 Å². The number of hydrogen-bond acceptors (Lipinski definition) is 7. The molecule has 0 aromatic carbocycles. The molecule has 1 amide bonds. The van der Waals surface area contributed by atoms with Crippen LogP contribution in [0.1, 0.15) is 36.2 Å². The quantitative estimate of drug-likeness (QED) is 0.623. The molecule has 0 unspecified atom stereocenters. The van der Waals surface area contributed by atoms with Crippen molar-refractivity contribution in [2.24, 2.45) is 7.05 Å². The summed E-state index contributed by atoms with van der Waals surface area (Å²) in [5.41, 5.74) is 1.69. The first-order valence-corrected chi connectivity index (χ1v) is 10.9. The van der Waals surface area contributed by atoms with E-state index in [0.717, 1.165) is 43.7 Å². The highest BCUT2D eigenvalue weighted by atomic mass is 32.1.